The third-order valence-corrected chi connectivity index (χ3v) is 5.58. The van der Waals surface area contributed by atoms with Gasteiger partial charge in [0.25, 0.3) is 0 Å². The van der Waals surface area contributed by atoms with Gasteiger partial charge in [-0.15, -0.1) is 5.10 Å². The van der Waals surface area contributed by atoms with Gasteiger partial charge in [0.1, 0.15) is 0 Å². The lowest BCUT2D eigenvalue weighted by Crippen LogP contribution is -2.38. The van der Waals surface area contributed by atoms with Gasteiger partial charge in [0.2, 0.25) is 5.75 Å². The van der Waals surface area contributed by atoms with Gasteiger partial charge in [0.15, 0.2) is 28.9 Å². The average molecular weight is 427 g/mol. The fraction of sp³-hybridized carbons (Fsp3) is 0.391. The molecule has 164 valence electrons. The molecule has 7 nitrogen and oxygen atoms in total. The third-order valence-electron chi connectivity index (χ3n) is 5.58. The van der Waals surface area contributed by atoms with Gasteiger partial charge in [-0.05, 0) is 31.0 Å². The number of nitrogens with zero attached hydrogens (tertiary/aromatic N) is 3. The van der Waals surface area contributed by atoms with E-state index >= 15 is 0 Å². The Morgan fingerprint density at radius 2 is 1.84 bits per heavy atom. The van der Waals surface area contributed by atoms with Crippen molar-refractivity contribution in [3.8, 4) is 23.0 Å². The summed E-state index contributed by atoms with van der Waals surface area (Å²) in [5, 5.41) is 10.3. The van der Waals surface area contributed by atoms with Crippen LogP contribution in [0.4, 0.5) is 10.2 Å². The van der Waals surface area contributed by atoms with E-state index in [2.05, 4.69) is 15.1 Å². The number of piperidine rings is 1. The molecular formula is C23H26FN3O4. The van der Waals surface area contributed by atoms with Crippen molar-refractivity contribution in [2.24, 2.45) is 5.92 Å². The van der Waals surface area contributed by atoms with E-state index in [1.54, 1.807) is 45.7 Å². The Morgan fingerprint density at radius 3 is 2.58 bits per heavy atom. The molecule has 1 aromatic heterocycles. The molecule has 2 heterocycles. The molecule has 0 amide bonds. The minimum atomic E-state index is -0.344. The monoisotopic (exact) mass is 427 g/mol. The molecule has 8 heteroatoms. The molecule has 1 saturated heterocycles. The maximum absolute atomic E-state index is 13.9. The lowest BCUT2D eigenvalue weighted by Gasteiger charge is -2.33. The minimum Gasteiger partial charge on any atom is -0.493 e. The van der Waals surface area contributed by atoms with Gasteiger partial charge in [-0.25, -0.2) is 4.39 Å². The summed E-state index contributed by atoms with van der Waals surface area (Å²) in [6.45, 7) is 2.02. The van der Waals surface area contributed by atoms with Crippen LogP contribution in [0.1, 0.15) is 12.8 Å². The second-order valence-corrected chi connectivity index (χ2v) is 7.47. The molecule has 3 aromatic rings. The zero-order valence-corrected chi connectivity index (χ0v) is 17.9. The predicted molar refractivity (Wildman–Crippen MR) is 116 cm³/mol. The summed E-state index contributed by atoms with van der Waals surface area (Å²) in [4.78, 5) is 2.19. The van der Waals surface area contributed by atoms with E-state index in [1.165, 1.54) is 6.07 Å². The molecule has 0 radical (unpaired) electrons. The summed E-state index contributed by atoms with van der Waals surface area (Å²) in [6, 6.07) is 8.38. The second-order valence-electron chi connectivity index (χ2n) is 7.47. The summed E-state index contributed by atoms with van der Waals surface area (Å²) in [5.41, 5.74) is 0. The van der Waals surface area contributed by atoms with Crippen LogP contribution < -0.4 is 23.8 Å². The van der Waals surface area contributed by atoms with Crippen molar-refractivity contribution in [2.45, 2.75) is 12.8 Å². The zero-order chi connectivity index (χ0) is 21.8. The van der Waals surface area contributed by atoms with E-state index in [-0.39, 0.29) is 17.5 Å². The summed E-state index contributed by atoms with van der Waals surface area (Å²) >= 11 is 0. The fourth-order valence-electron chi connectivity index (χ4n) is 4.08. The quantitative estimate of drug-likeness (QED) is 0.563. The minimum absolute atomic E-state index is 0.243. The first-order chi connectivity index (χ1) is 15.2. The van der Waals surface area contributed by atoms with Gasteiger partial charge >= 0.3 is 0 Å². The fourth-order valence-corrected chi connectivity index (χ4v) is 4.08. The molecule has 2 aromatic carbocycles. The molecule has 0 bridgehead atoms. The average Bonchev–Trinajstić information content (AvgIpc) is 2.81. The van der Waals surface area contributed by atoms with Crippen molar-refractivity contribution >= 4 is 16.6 Å². The van der Waals surface area contributed by atoms with Crippen molar-refractivity contribution in [3.63, 3.8) is 0 Å². The molecule has 0 saturated carbocycles. The predicted octanol–water partition coefficient (Wildman–Crippen LogP) is 4.09. The van der Waals surface area contributed by atoms with E-state index in [9.17, 15) is 4.39 Å². The zero-order valence-electron chi connectivity index (χ0n) is 17.9. The summed E-state index contributed by atoms with van der Waals surface area (Å²) in [7, 11) is 4.76. The first kappa shape index (κ1) is 21.0. The Hall–Kier alpha value is -3.29. The van der Waals surface area contributed by atoms with Crippen LogP contribution in [0.3, 0.4) is 0 Å². The largest absolute Gasteiger partial charge is 0.493 e. The number of para-hydroxylation sites is 1. The number of halogens is 1. The second kappa shape index (κ2) is 9.24. The van der Waals surface area contributed by atoms with Crippen molar-refractivity contribution in [1.29, 1.82) is 0 Å². The van der Waals surface area contributed by atoms with Gasteiger partial charge in [-0.3, -0.25) is 0 Å². The Labute approximate surface area is 180 Å². The Balaban J connectivity index is 1.61. The Morgan fingerprint density at radius 1 is 1.03 bits per heavy atom. The molecular weight excluding hydrogens is 401 g/mol. The smallest absolute Gasteiger partial charge is 0.204 e. The van der Waals surface area contributed by atoms with Gasteiger partial charge in [-0.1, -0.05) is 12.1 Å². The number of fused-ring (bicyclic) bond motifs is 1. The van der Waals surface area contributed by atoms with Crippen LogP contribution in [0.2, 0.25) is 0 Å². The number of methoxy groups -OCH3 is 3. The van der Waals surface area contributed by atoms with Crippen LogP contribution in [-0.4, -0.2) is 51.2 Å². The first-order valence-corrected chi connectivity index (χ1v) is 10.2. The molecule has 1 fully saturated rings. The number of rotatable bonds is 7. The van der Waals surface area contributed by atoms with Crippen LogP contribution in [0, 0.1) is 11.7 Å². The highest BCUT2D eigenvalue weighted by Gasteiger charge is 2.26. The molecule has 1 aliphatic heterocycles. The highest BCUT2D eigenvalue weighted by atomic mass is 19.1. The number of ether oxygens (including phenoxy) is 4. The van der Waals surface area contributed by atoms with Crippen LogP contribution >= 0.6 is 0 Å². The summed E-state index contributed by atoms with van der Waals surface area (Å²) in [6.07, 6.45) is 3.65. The number of aromatic nitrogens is 2. The normalized spacial score (nSPS) is 16.3. The lowest BCUT2D eigenvalue weighted by molar-refractivity contribution is 0.221. The van der Waals surface area contributed by atoms with Crippen molar-refractivity contribution in [2.75, 3.05) is 45.9 Å². The number of hydrogen-bond acceptors (Lipinski definition) is 7. The Kier molecular flexibility index (Phi) is 6.25. The maximum Gasteiger partial charge on any atom is 0.204 e. The van der Waals surface area contributed by atoms with Gasteiger partial charge < -0.3 is 23.8 Å². The van der Waals surface area contributed by atoms with Crippen LogP contribution in [0.25, 0.3) is 10.8 Å². The maximum atomic E-state index is 13.9. The van der Waals surface area contributed by atoms with Gasteiger partial charge in [-0.2, -0.15) is 5.10 Å². The number of hydrogen-bond donors (Lipinski definition) is 0. The van der Waals surface area contributed by atoms with E-state index in [0.717, 1.165) is 42.5 Å². The third kappa shape index (κ3) is 4.15. The topological polar surface area (TPSA) is 65.9 Å². The standard InChI is InChI=1S/C23H26FN3O4/c1-28-20-11-16-17(21(29-2)22(20)30-3)12-25-26-23(16)27-10-6-7-15(13-27)14-31-19-9-5-4-8-18(19)24/h4-5,8-9,11-12,15H,6-7,10,13-14H2,1-3H3. The van der Waals surface area contributed by atoms with E-state index in [0.29, 0.717) is 23.9 Å². The molecule has 1 atom stereocenters. The molecule has 0 N–H and O–H groups in total. The van der Waals surface area contributed by atoms with E-state index in [1.807, 2.05) is 6.07 Å². The van der Waals surface area contributed by atoms with Crippen LogP contribution in [0.15, 0.2) is 36.5 Å². The molecule has 1 aliphatic rings. The lowest BCUT2D eigenvalue weighted by atomic mass is 9.98. The molecule has 4 rings (SSSR count). The van der Waals surface area contributed by atoms with E-state index in [4.69, 9.17) is 18.9 Å². The first-order valence-electron chi connectivity index (χ1n) is 10.2. The van der Waals surface area contributed by atoms with Crippen LogP contribution in [0.5, 0.6) is 23.0 Å². The number of benzene rings is 2. The van der Waals surface area contributed by atoms with Gasteiger partial charge in [0.05, 0.1) is 39.5 Å². The SMILES string of the molecule is COc1cc2c(N3CCCC(COc4ccccc4F)C3)nncc2c(OC)c1OC. The molecule has 0 aliphatic carbocycles. The molecule has 0 spiro atoms. The van der Waals surface area contributed by atoms with Gasteiger partial charge in [0, 0.05) is 24.4 Å². The summed E-state index contributed by atoms with van der Waals surface area (Å²) in [5.74, 6) is 2.59. The Bertz CT molecular complexity index is 1060. The summed E-state index contributed by atoms with van der Waals surface area (Å²) < 4.78 is 36.3. The number of anilines is 1. The van der Waals surface area contributed by atoms with E-state index < -0.39 is 0 Å². The van der Waals surface area contributed by atoms with Crippen molar-refractivity contribution in [3.05, 3.63) is 42.3 Å². The van der Waals surface area contributed by atoms with Crippen LogP contribution in [-0.2, 0) is 0 Å². The highest BCUT2D eigenvalue weighted by molar-refractivity contribution is 5.99. The molecule has 1 unspecified atom stereocenters. The highest BCUT2D eigenvalue weighted by Crippen LogP contribution is 2.45. The van der Waals surface area contributed by atoms with Crippen molar-refractivity contribution < 1.29 is 23.3 Å². The van der Waals surface area contributed by atoms with Crippen molar-refractivity contribution in [1.82, 2.24) is 10.2 Å². The molecule has 31 heavy (non-hydrogen) atoms.